The molecule has 0 aliphatic carbocycles. The Morgan fingerprint density at radius 1 is 1.44 bits per heavy atom. The van der Waals surface area contributed by atoms with Gasteiger partial charge in [-0.1, -0.05) is 0 Å². The number of hydrogen-bond donors (Lipinski definition) is 1. The number of furan rings is 1. The maximum Gasteiger partial charge on any atom is 0.350 e. The summed E-state index contributed by atoms with van der Waals surface area (Å²) in [6, 6.07) is 5.34. The normalized spacial score (nSPS) is 11.5. The third-order valence-corrected chi connectivity index (χ3v) is 3.25. The van der Waals surface area contributed by atoms with E-state index >= 15 is 0 Å². The molecule has 0 fully saturated rings. The molecule has 0 bridgehead atoms. The van der Waals surface area contributed by atoms with Gasteiger partial charge in [-0.25, -0.2) is 4.79 Å². The molecule has 96 valence electrons. The van der Waals surface area contributed by atoms with Gasteiger partial charge in [-0.3, -0.25) is 0 Å². The van der Waals surface area contributed by atoms with E-state index in [4.69, 9.17) is 14.9 Å². The fourth-order valence-corrected chi connectivity index (χ4v) is 2.35. The fourth-order valence-electron chi connectivity index (χ4n) is 1.43. The molecule has 4 nitrogen and oxygen atoms in total. The molecule has 2 aromatic rings. The van der Waals surface area contributed by atoms with Crippen LogP contribution >= 0.6 is 11.3 Å². The smallest absolute Gasteiger partial charge is 0.350 e. The molecule has 0 aliphatic rings. The van der Waals surface area contributed by atoms with Gasteiger partial charge >= 0.3 is 5.97 Å². The third-order valence-electron chi connectivity index (χ3n) is 2.11. The lowest BCUT2D eigenvalue weighted by molar-refractivity contribution is 0.00764. The molecule has 5 heteroatoms. The zero-order valence-electron chi connectivity index (χ0n) is 10.5. The molecular formula is C13H15NO3S. The molecule has 2 N–H and O–H groups in total. The molecule has 0 amide bonds. The summed E-state index contributed by atoms with van der Waals surface area (Å²) in [5, 5.41) is 0. The summed E-state index contributed by atoms with van der Waals surface area (Å²) in [6.45, 7) is 5.46. The summed E-state index contributed by atoms with van der Waals surface area (Å²) < 4.78 is 10.6. The van der Waals surface area contributed by atoms with Crippen LogP contribution in [0.2, 0.25) is 0 Å². The SMILES string of the molecule is CC(C)(C)OC(=O)c1sc(-c2ccco2)cc1N. The Kier molecular flexibility index (Phi) is 3.17. The van der Waals surface area contributed by atoms with E-state index in [2.05, 4.69) is 0 Å². The van der Waals surface area contributed by atoms with Gasteiger partial charge in [0.25, 0.3) is 0 Å². The Bertz CT molecular complexity index is 549. The van der Waals surface area contributed by atoms with Crippen LogP contribution < -0.4 is 5.73 Å². The van der Waals surface area contributed by atoms with Crippen molar-refractivity contribution in [2.45, 2.75) is 26.4 Å². The van der Waals surface area contributed by atoms with Crippen molar-refractivity contribution in [3.05, 3.63) is 29.3 Å². The van der Waals surface area contributed by atoms with E-state index in [9.17, 15) is 4.79 Å². The molecule has 2 rings (SSSR count). The van der Waals surface area contributed by atoms with Crippen molar-refractivity contribution in [2.75, 3.05) is 5.73 Å². The summed E-state index contributed by atoms with van der Waals surface area (Å²) in [5.74, 6) is 0.296. The predicted molar refractivity (Wildman–Crippen MR) is 71.6 cm³/mol. The van der Waals surface area contributed by atoms with Crippen molar-refractivity contribution in [2.24, 2.45) is 0 Å². The lowest BCUT2D eigenvalue weighted by atomic mass is 10.2. The van der Waals surface area contributed by atoms with Crippen LogP contribution in [0.5, 0.6) is 0 Å². The maximum absolute atomic E-state index is 11.9. The molecule has 0 saturated heterocycles. The highest BCUT2D eigenvalue weighted by Gasteiger charge is 2.22. The van der Waals surface area contributed by atoms with Gasteiger partial charge in [-0.2, -0.15) is 0 Å². The third kappa shape index (κ3) is 2.73. The van der Waals surface area contributed by atoms with Crippen molar-refractivity contribution < 1.29 is 13.9 Å². The van der Waals surface area contributed by atoms with E-state index in [1.54, 1.807) is 18.4 Å². The number of hydrogen-bond acceptors (Lipinski definition) is 5. The largest absolute Gasteiger partial charge is 0.464 e. The van der Waals surface area contributed by atoms with Gasteiger partial charge in [0.1, 0.15) is 16.2 Å². The average molecular weight is 265 g/mol. The number of carbonyl (C=O) groups is 1. The van der Waals surface area contributed by atoms with Crippen LogP contribution in [0, 0.1) is 0 Å². The van der Waals surface area contributed by atoms with Crippen LogP contribution in [0.25, 0.3) is 10.6 Å². The van der Waals surface area contributed by atoms with E-state index in [1.165, 1.54) is 11.3 Å². The second kappa shape index (κ2) is 4.49. The van der Waals surface area contributed by atoms with Gasteiger partial charge in [0.2, 0.25) is 0 Å². The Labute approximate surface area is 109 Å². The van der Waals surface area contributed by atoms with Gasteiger partial charge in [0, 0.05) is 0 Å². The Morgan fingerprint density at radius 2 is 2.17 bits per heavy atom. The van der Waals surface area contributed by atoms with Crippen molar-refractivity contribution in [1.29, 1.82) is 0 Å². The Morgan fingerprint density at radius 3 is 2.72 bits per heavy atom. The van der Waals surface area contributed by atoms with Gasteiger partial charge in [0.15, 0.2) is 0 Å². The van der Waals surface area contributed by atoms with Crippen molar-refractivity contribution in [3.8, 4) is 10.6 Å². The van der Waals surface area contributed by atoms with Gasteiger partial charge in [-0.05, 0) is 39.0 Å². The highest BCUT2D eigenvalue weighted by Crippen LogP contribution is 2.34. The van der Waals surface area contributed by atoms with E-state index in [0.717, 1.165) is 4.88 Å². The minimum atomic E-state index is -0.529. The summed E-state index contributed by atoms with van der Waals surface area (Å²) in [7, 11) is 0. The fraction of sp³-hybridized carbons (Fsp3) is 0.308. The summed E-state index contributed by atoms with van der Waals surface area (Å²) in [5.41, 5.74) is 5.72. The zero-order valence-corrected chi connectivity index (χ0v) is 11.3. The molecule has 0 atom stereocenters. The van der Waals surface area contributed by atoms with Gasteiger partial charge in [0.05, 0.1) is 16.8 Å². The van der Waals surface area contributed by atoms with E-state index in [-0.39, 0.29) is 0 Å². The first-order valence-electron chi connectivity index (χ1n) is 5.53. The summed E-state index contributed by atoms with van der Waals surface area (Å²) >= 11 is 1.27. The molecule has 0 unspecified atom stereocenters. The Hall–Kier alpha value is -1.75. The average Bonchev–Trinajstić information content (AvgIpc) is 2.82. The molecule has 18 heavy (non-hydrogen) atoms. The maximum atomic E-state index is 11.9. The molecule has 2 heterocycles. The predicted octanol–water partition coefficient (Wildman–Crippen LogP) is 3.55. The van der Waals surface area contributed by atoms with Crippen molar-refractivity contribution in [1.82, 2.24) is 0 Å². The first-order chi connectivity index (χ1) is 8.37. The van der Waals surface area contributed by atoms with Gasteiger partial charge < -0.3 is 14.9 Å². The monoisotopic (exact) mass is 265 g/mol. The minimum absolute atomic E-state index is 0.400. The molecule has 0 spiro atoms. The molecular weight excluding hydrogens is 250 g/mol. The van der Waals surface area contributed by atoms with E-state index < -0.39 is 11.6 Å². The lowest BCUT2D eigenvalue weighted by Crippen LogP contribution is -2.23. The van der Waals surface area contributed by atoms with E-state index in [0.29, 0.717) is 16.3 Å². The topological polar surface area (TPSA) is 65.5 Å². The molecule has 0 radical (unpaired) electrons. The minimum Gasteiger partial charge on any atom is -0.464 e. The second-order valence-electron chi connectivity index (χ2n) is 4.87. The first-order valence-corrected chi connectivity index (χ1v) is 6.35. The Balaban J connectivity index is 2.27. The first kappa shape index (κ1) is 12.7. The molecule has 0 saturated carbocycles. The number of nitrogen functional groups attached to an aromatic ring is 1. The van der Waals surface area contributed by atoms with Crippen molar-refractivity contribution in [3.63, 3.8) is 0 Å². The number of ether oxygens (including phenoxy) is 1. The van der Waals surface area contributed by atoms with Crippen LogP contribution in [0.1, 0.15) is 30.4 Å². The van der Waals surface area contributed by atoms with Crippen molar-refractivity contribution >= 4 is 23.0 Å². The van der Waals surface area contributed by atoms with Crippen LogP contribution in [0.3, 0.4) is 0 Å². The van der Waals surface area contributed by atoms with Crippen LogP contribution in [0.4, 0.5) is 5.69 Å². The standard InChI is InChI=1S/C13H15NO3S/c1-13(2,3)17-12(15)11-8(14)7-10(18-11)9-5-4-6-16-9/h4-7H,14H2,1-3H3. The highest BCUT2D eigenvalue weighted by atomic mass is 32.1. The number of esters is 1. The quantitative estimate of drug-likeness (QED) is 0.843. The number of anilines is 1. The van der Waals surface area contributed by atoms with Crippen LogP contribution in [0.15, 0.2) is 28.9 Å². The molecule has 2 aromatic heterocycles. The highest BCUT2D eigenvalue weighted by molar-refractivity contribution is 7.17. The van der Waals surface area contributed by atoms with Gasteiger partial charge in [-0.15, -0.1) is 11.3 Å². The van der Waals surface area contributed by atoms with Crippen LogP contribution in [-0.4, -0.2) is 11.6 Å². The molecule has 0 aromatic carbocycles. The molecule has 0 aliphatic heterocycles. The van der Waals surface area contributed by atoms with Crippen LogP contribution in [-0.2, 0) is 4.74 Å². The number of thiophene rings is 1. The number of carbonyl (C=O) groups excluding carboxylic acids is 1. The van der Waals surface area contributed by atoms with E-state index in [1.807, 2.05) is 26.8 Å². The lowest BCUT2D eigenvalue weighted by Gasteiger charge is -2.18. The second-order valence-corrected chi connectivity index (χ2v) is 5.93. The number of rotatable bonds is 2. The summed E-state index contributed by atoms with van der Waals surface area (Å²) in [4.78, 5) is 13.2. The zero-order chi connectivity index (χ0) is 13.3. The summed E-state index contributed by atoms with van der Waals surface area (Å²) in [6.07, 6.45) is 1.58. The number of nitrogens with two attached hydrogens (primary N) is 1.